The molecule has 0 saturated carbocycles. The monoisotopic (exact) mass is 508 g/mol. The van der Waals surface area contributed by atoms with E-state index in [0.29, 0.717) is 12.8 Å². The molecule has 212 valence electrons. The van der Waals surface area contributed by atoms with Crippen LogP contribution in [0.4, 0.5) is 0 Å². The highest BCUT2D eigenvalue weighted by molar-refractivity contribution is 5.68. The number of carbonyl (C=O) groups is 1. The van der Waals surface area contributed by atoms with Crippen molar-refractivity contribution in [2.24, 2.45) is 10.7 Å². The number of benzene rings is 2. The van der Waals surface area contributed by atoms with Crippen molar-refractivity contribution in [3.63, 3.8) is 0 Å². The molecule has 2 aromatic rings. The molecule has 36 heavy (non-hydrogen) atoms. The van der Waals surface area contributed by atoms with E-state index in [1.165, 1.54) is 14.2 Å². The first-order chi connectivity index (χ1) is 16.5. The maximum absolute atomic E-state index is 9.96. The number of nitrogens with zero attached hydrogens (tertiary/aromatic N) is 3. The Morgan fingerprint density at radius 1 is 0.833 bits per heavy atom. The molecule has 2 aromatic carbocycles. The first-order valence-electron chi connectivity index (χ1n) is 11.6. The highest BCUT2D eigenvalue weighted by atomic mass is 16.5. The fourth-order valence-corrected chi connectivity index (χ4v) is 1.15. The van der Waals surface area contributed by atoms with Gasteiger partial charge in [0.1, 0.15) is 0 Å². The van der Waals surface area contributed by atoms with Crippen molar-refractivity contribution >= 4 is 12.3 Å². The fourth-order valence-electron chi connectivity index (χ4n) is 1.15. The van der Waals surface area contributed by atoms with Gasteiger partial charge in [-0.15, -0.1) is 0 Å². The van der Waals surface area contributed by atoms with E-state index < -0.39 is 0 Å². The zero-order valence-corrected chi connectivity index (χ0v) is 23.7. The van der Waals surface area contributed by atoms with Gasteiger partial charge in [-0.3, -0.25) is 9.79 Å². The van der Waals surface area contributed by atoms with E-state index in [-0.39, 0.29) is 20.8 Å². The smallest absolute Gasteiger partial charge is 0.305 e. The highest BCUT2D eigenvalue weighted by Gasteiger charge is 1.87. The third-order valence-corrected chi connectivity index (χ3v) is 2.35. The number of hydrogen-bond acceptors (Lipinski definition) is 5. The fraction of sp³-hybridized carbons (Fsp3) is 0.500. The van der Waals surface area contributed by atoms with Gasteiger partial charge < -0.3 is 15.4 Å². The lowest BCUT2D eigenvalue weighted by Gasteiger charge is -1.98. The largest absolute Gasteiger partial charge is 0.469 e. The molecule has 6 heteroatoms. The van der Waals surface area contributed by atoms with Gasteiger partial charge in [-0.25, -0.2) is 0 Å². The third-order valence-electron chi connectivity index (χ3n) is 2.35. The Morgan fingerprint density at radius 3 is 1.08 bits per heavy atom. The SMILES string of the molecule is C.C.CC.CC.CCC#N.CCC(=O)OC.CN.CN=CN(C)C.c1ccccc1.c1ccccc1. The van der Waals surface area contributed by atoms with E-state index in [4.69, 9.17) is 5.26 Å². The van der Waals surface area contributed by atoms with Gasteiger partial charge in [0, 0.05) is 34.0 Å². The van der Waals surface area contributed by atoms with Crippen molar-refractivity contribution in [3.8, 4) is 6.07 Å². The van der Waals surface area contributed by atoms with Crippen LogP contribution in [-0.4, -0.2) is 52.5 Å². The summed E-state index contributed by atoms with van der Waals surface area (Å²) in [6, 6.07) is 25.9. The minimum atomic E-state index is -0.157. The maximum Gasteiger partial charge on any atom is 0.305 e. The average molecular weight is 509 g/mol. The van der Waals surface area contributed by atoms with E-state index in [1.54, 1.807) is 20.3 Å². The summed E-state index contributed by atoms with van der Waals surface area (Å²) >= 11 is 0. The Morgan fingerprint density at radius 2 is 1.06 bits per heavy atom. The molecular weight excluding hydrogens is 448 g/mol. The molecule has 0 aromatic heterocycles. The second-order valence-electron chi connectivity index (χ2n) is 5.09. The van der Waals surface area contributed by atoms with Gasteiger partial charge in [0.15, 0.2) is 0 Å². The van der Waals surface area contributed by atoms with Crippen LogP contribution in [0.2, 0.25) is 0 Å². The summed E-state index contributed by atoms with van der Waals surface area (Å²) in [5.41, 5.74) is 4.50. The van der Waals surface area contributed by atoms with E-state index in [0.717, 1.165) is 0 Å². The number of carbonyl (C=O) groups excluding carboxylic acids is 1. The minimum absolute atomic E-state index is 0. The zero-order valence-electron chi connectivity index (χ0n) is 23.7. The molecule has 2 N–H and O–H groups in total. The van der Waals surface area contributed by atoms with Gasteiger partial charge in [0.25, 0.3) is 0 Å². The highest BCUT2D eigenvalue weighted by Crippen LogP contribution is 1.80. The van der Waals surface area contributed by atoms with Crippen LogP contribution in [0.1, 0.15) is 69.2 Å². The second kappa shape index (κ2) is 69.7. The first kappa shape index (κ1) is 53.9. The topological polar surface area (TPSA) is 91.7 Å². The van der Waals surface area contributed by atoms with Crippen LogP contribution in [0.3, 0.4) is 0 Å². The minimum Gasteiger partial charge on any atom is -0.469 e. The van der Waals surface area contributed by atoms with Crippen LogP contribution >= 0.6 is 0 Å². The number of hydrogen-bond donors (Lipinski definition) is 1. The Balaban J connectivity index is -0.0000000427. The van der Waals surface area contributed by atoms with Gasteiger partial charge in [-0.2, -0.15) is 5.26 Å². The number of esters is 1. The van der Waals surface area contributed by atoms with Crippen molar-refractivity contribution < 1.29 is 9.53 Å². The van der Waals surface area contributed by atoms with Crippen LogP contribution in [0.5, 0.6) is 0 Å². The average Bonchev–Trinajstić information content (AvgIpc) is 2.94. The molecule has 6 nitrogen and oxygen atoms in total. The summed E-state index contributed by atoms with van der Waals surface area (Å²) in [6.07, 6.45) is 2.84. The van der Waals surface area contributed by atoms with Gasteiger partial charge >= 0.3 is 5.97 Å². The molecule has 0 amide bonds. The lowest BCUT2D eigenvalue weighted by Crippen LogP contribution is -2.06. The number of rotatable bonds is 2. The van der Waals surface area contributed by atoms with E-state index in [2.05, 4.69) is 15.5 Å². The molecule has 0 aliphatic heterocycles. The Kier molecular flexibility index (Phi) is 104. The Hall–Kier alpha value is -3.17. The van der Waals surface area contributed by atoms with Gasteiger partial charge in [-0.1, -0.05) is 129 Å². The predicted octanol–water partition coefficient (Wildman–Crippen LogP) is 7.97. The normalized spacial score (nSPS) is 6.64. The van der Waals surface area contributed by atoms with Gasteiger partial charge in [0.05, 0.1) is 19.5 Å². The van der Waals surface area contributed by atoms with Crippen LogP contribution < -0.4 is 5.73 Å². The molecule has 0 spiro atoms. The molecular formula is C30H60N4O2. The van der Waals surface area contributed by atoms with Crippen molar-refractivity contribution in [2.45, 2.75) is 69.2 Å². The number of nitrogens with two attached hydrogens (primary N) is 1. The number of nitriles is 1. The molecule has 0 aliphatic carbocycles. The summed E-state index contributed by atoms with van der Waals surface area (Å²) in [4.78, 5) is 15.6. The molecule has 0 unspecified atom stereocenters. The van der Waals surface area contributed by atoms with Gasteiger partial charge in [-0.05, 0) is 7.05 Å². The van der Waals surface area contributed by atoms with Crippen LogP contribution in [0.25, 0.3) is 0 Å². The van der Waals surface area contributed by atoms with E-state index in [9.17, 15) is 4.79 Å². The lowest BCUT2D eigenvalue weighted by atomic mass is 10.4. The molecule has 0 aliphatic rings. The molecule has 2 rings (SSSR count). The van der Waals surface area contributed by atoms with E-state index in [1.807, 2.05) is 132 Å². The molecule has 0 radical (unpaired) electrons. The third kappa shape index (κ3) is 96.9. The van der Waals surface area contributed by atoms with Gasteiger partial charge in [0.2, 0.25) is 0 Å². The lowest BCUT2D eigenvalue weighted by molar-refractivity contribution is -0.140. The molecule has 0 saturated heterocycles. The Bertz CT molecular complexity index is 494. The van der Waals surface area contributed by atoms with Crippen LogP contribution in [0.15, 0.2) is 77.8 Å². The Labute approximate surface area is 226 Å². The van der Waals surface area contributed by atoms with Crippen molar-refractivity contribution in [3.05, 3.63) is 72.8 Å². The van der Waals surface area contributed by atoms with Crippen LogP contribution in [0, 0.1) is 11.3 Å². The molecule has 0 fully saturated rings. The summed E-state index contributed by atoms with van der Waals surface area (Å²) in [5, 5.41) is 7.62. The van der Waals surface area contributed by atoms with E-state index >= 15 is 0 Å². The quantitative estimate of drug-likeness (QED) is 0.252. The second-order valence-corrected chi connectivity index (χ2v) is 5.09. The summed E-state index contributed by atoms with van der Waals surface area (Å²) in [7, 11) is 8.51. The summed E-state index contributed by atoms with van der Waals surface area (Å²) in [6.45, 7) is 11.6. The summed E-state index contributed by atoms with van der Waals surface area (Å²) in [5.74, 6) is -0.157. The van der Waals surface area contributed by atoms with Crippen molar-refractivity contribution in [1.82, 2.24) is 4.90 Å². The summed E-state index contributed by atoms with van der Waals surface area (Å²) < 4.78 is 4.26. The molecule has 0 atom stereocenters. The molecule has 0 bridgehead atoms. The van der Waals surface area contributed by atoms with Crippen molar-refractivity contribution in [2.75, 3.05) is 35.3 Å². The van der Waals surface area contributed by atoms with Crippen LogP contribution in [-0.2, 0) is 9.53 Å². The first-order valence-corrected chi connectivity index (χ1v) is 11.6. The number of aliphatic imine (C=N–C) groups is 1. The van der Waals surface area contributed by atoms with Crippen molar-refractivity contribution in [1.29, 1.82) is 5.26 Å². The zero-order chi connectivity index (χ0) is 27.9. The standard InChI is InChI=1S/2C6H6.C4H10N2.C4H8O2.C3H5N.2C2H6.CH5N.2CH4/c2*1-2-4-6-5-3-1;1-5-4-6(2)3;1-3-4(5)6-2;1-2-3-4;3*1-2;;/h2*1-6H;4H,1-3H3;3H2,1-2H3;2H2,1H3;2*1-2H3;2H2,1H3;2*1H4. The maximum atomic E-state index is 9.96. The number of methoxy groups -OCH3 is 1. The predicted molar refractivity (Wildman–Crippen MR) is 165 cm³/mol. The molecule has 0 heterocycles. The number of ether oxygens (including phenoxy) is 1.